The lowest BCUT2D eigenvalue weighted by Gasteiger charge is -2.04. The zero-order valence-electron chi connectivity index (χ0n) is 10.3. The average Bonchev–Trinajstić information content (AvgIpc) is 2.38. The number of ether oxygens (including phenoxy) is 1. The van der Waals surface area contributed by atoms with E-state index in [-0.39, 0.29) is 5.43 Å². The van der Waals surface area contributed by atoms with Crippen LogP contribution >= 0.6 is 23.1 Å². The molecule has 0 saturated carbocycles. The first kappa shape index (κ1) is 13.2. The molecule has 2 nitrogen and oxygen atoms in total. The van der Waals surface area contributed by atoms with E-state index in [1.165, 1.54) is 0 Å². The highest BCUT2D eigenvalue weighted by molar-refractivity contribution is 8.01. The fourth-order valence-electron chi connectivity index (χ4n) is 1.57. The van der Waals surface area contributed by atoms with Gasteiger partial charge in [-0.15, -0.1) is 23.1 Å². The summed E-state index contributed by atoms with van der Waals surface area (Å²) >= 11 is 3.35. The Morgan fingerprint density at radius 3 is 2.56 bits per heavy atom. The molecule has 0 bridgehead atoms. The van der Waals surface area contributed by atoms with Crippen molar-refractivity contribution in [3.63, 3.8) is 0 Å². The predicted molar refractivity (Wildman–Crippen MR) is 79.0 cm³/mol. The van der Waals surface area contributed by atoms with Gasteiger partial charge in [-0.3, -0.25) is 4.79 Å². The van der Waals surface area contributed by atoms with Crippen molar-refractivity contribution < 1.29 is 4.74 Å². The zero-order chi connectivity index (χ0) is 13.0. The van der Waals surface area contributed by atoms with E-state index in [4.69, 9.17) is 4.74 Å². The molecule has 0 amide bonds. The molecule has 0 N–H and O–H groups in total. The monoisotopic (exact) mass is 278 g/mol. The maximum atomic E-state index is 11.7. The third-order valence-corrected chi connectivity index (χ3v) is 4.59. The van der Waals surface area contributed by atoms with Crippen LogP contribution in [0.2, 0.25) is 0 Å². The van der Waals surface area contributed by atoms with E-state index in [0.29, 0.717) is 0 Å². The van der Waals surface area contributed by atoms with E-state index in [1.54, 1.807) is 42.3 Å². The summed E-state index contributed by atoms with van der Waals surface area (Å²) in [5, 5.41) is 0. The molecule has 18 heavy (non-hydrogen) atoms. The van der Waals surface area contributed by atoms with Gasteiger partial charge in [0.15, 0.2) is 5.43 Å². The Bertz CT molecular complexity index is 573. The minimum absolute atomic E-state index is 0.0653. The molecule has 0 spiro atoms. The minimum atomic E-state index is 0.0653. The van der Waals surface area contributed by atoms with Gasteiger partial charge in [-0.2, -0.15) is 0 Å². The molecule has 94 valence electrons. The van der Waals surface area contributed by atoms with Crippen LogP contribution in [0.15, 0.2) is 45.4 Å². The van der Waals surface area contributed by atoms with Crippen LogP contribution in [-0.4, -0.2) is 12.9 Å². The first-order valence-electron chi connectivity index (χ1n) is 5.65. The highest BCUT2D eigenvalue weighted by Crippen LogP contribution is 2.30. The highest BCUT2D eigenvalue weighted by Gasteiger charge is 2.03. The van der Waals surface area contributed by atoms with Crippen LogP contribution in [0.5, 0.6) is 5.75 Å². The standard InChI is InChI=1S/C14H14O2S2/c1-3-17-14-9-11(15)8-13(18-14)10-4-6-12(16-2)7-5-10/h4-9H,3H2,1-2H3. The van der Waals surface area contributed by atoms with Crippen LogP contribution in [-0.2, 0) is 0 Å². The summed E-state index contributed by atoms with van der Waals surface area (Å²) in [5.74, 6) is 1.80. The molecule has 0 unspecified atom stereocenters. The van der Waals surface area contributed by atoms with Crippen LogP contribution in [0.1, 0.15) is 6.92 Å². The van der Waals surface area contributed by atoms with E-state index < -0.39 is 0 Å². The number of thioether (sulfide) groups is 1. The normalized spacial score (nSPS) is 10.3. The highest BCUT2D eigenvalue weighted by atomic mass is 32.2. The van der Waals surface area contributed by atoms with E-state index in [9.17, 15) is 4.79 Å². The Labute approximate surface area is 115 Å². The number of benzene rings is 1. The molecule has 0 radical (unpaired) electrons. The van der Waals surface area contributed by atoms with Crippen molar-refractivity contribution >= 4 is 23.1 Å². The Hall–Kier alpha value is -1.26. The number of hydrogen-bond donors (Lipinski definition) is 0. The summed E-state index contributed by atoms with van der Waals surface area (Å²) in [6.07, 6.45) is 0. The topological polar surface area (TPSA) is 26.3 Å². The molecule has 0 aliphatic carbocycles. The number of rotatable bonds is 4. The summed E-state index contributed by atoms with van der Waals surface area (Å²) in [7, 11) is 1.64. The fourth-order valence-corrected chi connectivity index (χ4v) is 3.73. The van der Waals surface area contributed by atoms with Crippen LogP contribution in [0.3, 0.4) is 0 Å². The molecule has 1 heterocycles. The van der Waals surface area contributed by atoms with Crippen LogP contribution < -0.4 is 10.2 Å². The second-order valence-corrected chi connectivity index (χ2v) is 6.29. The summed E-state index contributed by atoms with van der Waals surface area (Å²) in [6.45, 7) is 2.09. The van der Waals surface area contributed by atoms with Gasteiger partial charge in [0.1, 0.15) is 5.75 Å². The van der Waals surface area contributed by atoms with Gasteiger partial charge >= 0.3 is 0 Å². The minimum Gasteiger partial charge on any atom is -0.497 e. The Balaban J connectivity index is 2.39. The smallest absolute Gasteiger partial charge is 0.182 e. The van der Waals surface area contributed by atoms with Gasteiger partial charge in [0.05, 0.1) is 11.3 Å². The van der Waals surface area contributed by atoms with Crippen molar-refractivity contribution in [2.75, 3.05) is 12.9 Å². The summed E-state index contributed by atoms with van der Waals surface area (Å²) in [6, 6.07) is 11.2. The van der Waals surface area contributed by atoms with Gasteiger partial charge in [-0.05, 0) is 35.6 Å². The molecular weight excluding hydrogens is 264 g/mol. The van der Waals surface area contributed by atoms with E-state index in [0.717, 1.165) is 26.2 Å². The van der Waals surface area contributed by atoms with Crippen molar-refractivity contribution in [2.24, 2.45) is 0 Å². The lowest BCUT2D eigenvalue weighted by Crippen LogP contribution is -1.96. The molecular formula is C14H14O2S2. The molecule has 0 aliphatic heterocycles. The molecule has 1 aromatic carbocycles. The van der Waals surface area contributed by atoms with Crippen molar-refractivity contribution in [1.29, 1.82) is 0 Å². The van der Waals surface area contributed by atoms with Gasteiger partial charge in [0.25, 0.3) is 0 Å². The molecule has 0 saturated heterocycles. The first-order chi connectivity index (χ1) is 8.72. The quantitative estimate of drug-likeness (QED) is 0.794. The van der Waals surface area contributed by atoms with Gasteiger partial charge in [0.2, 0.25) is 0 Å². The van der Waals surface area contributed by atoms with Crippen molar-refractivity contribution in [3.05, 3.63) is 46.6 Å². The SMILES string of the molecule is CCSc1cc(=O)cc(-c2ccc(OC)cc2)s1. The Morgan fingerprint density at radius 2 is 1.94 bits per heavy atom. The maximum Gasteiger partial charge on any atom is 0.182 e. The van der Waals surface area contributed by atoms with Crippen LogP contribution in [0.4, 0.5) is 0 Å². The zero-order valence-corrected chi connectivity index (χ0v) is 11.9. The van der Waals surface area contributed by atoms with E-state index in [2.05, 4.69) is 6.92 Å². The lowest BCUT2D eigenvalue weighted by molar-refractivity contribution is 0.415. The average molecular weight is 278 g/mol. The summed E-state index contributed by atoms with van der Waals surface area (Å²) < 4.78 is 6.19. The largest absolute Gasteiger partial charge is 0.497 e. The van der Waals surface area contributed by atoms with E-state index in [1.807, 2.05) is 24.3 Å². The summed E-state index contributed by atoms with van der Waals surface area (Å²) in [4.78, 5) is 12.7. The van der Waals surface area contributed by atoms with Gasteiger partial charge in [-0.25, -0.2) is 0 Å². The molecule has 4 heteroatoms. The first-order valence-corrected chi connectivity index (χ1v) is 7.45. The second kappa shape index (κ2) is 6.07. The Morgan fingerprint density at radius 1 is 1.22 bits per heavy atom. The third kappa shape index (κ3) is 3.15. The van der Waals surface area contributed by atoms with Crippen LogP contribution in [0.25, 0.3) is 10.4 Å². The lowest BCUT2D eigenvalue weighted by atomic mass is 10.2. The fraction of sp³-hybridized carbons (Fsp3) is 0.214. The molecule has 0 fully saturated rings. The van der Waals surface area contributed by atoms with Crippen molar-refractivity contribution in [2.45, 2.75) is 11.1 Å². The second-order valence-electron chi connectivity index (χ2n) is 3.64. The van der Waals surface area contributed by atoms with Crippen molar-refractivity contribution in [1.82, 2.24) is 0 Å². The third-order valence-electron chi connectivity index (χ3n) is 2.41. The number of methoxy groups -OCH3 is 1. The van der Waals surface area contributed by atoms with Crippen molar-refractivity contribution in [3.8, 4) is 16.2 Å². The van der Waals surface area contributed by atoms with Gasteiger partial charge in [0, 0.05) is 17.0 Å². The van der Waals surface area contributed by atoms with Gasteiger partial charge < -0.3 is 4.74 Å². The maximum absolute atomic E-state index is 11.7. The summed E-state index contributed by atoms with van der Waals surface area (Å²) in [5.41, 5.74) is 1.12. The molecule has 1 aromatic heterocycles. The predicted octanol–water partition coefficient (Wildman–Crippen LogP) is 3.90. The van der Waals surface area contributed by atoms with E-state index >= 15 is 0 Å². The molecule has 2 rings (SSSR count). The number of hydrogen-bond acceptors (Lipinski definition) is 4. The Kier molecular flexibility index (Phi) is 4.44. The molecule has 2 aromatic rings. The van der Waals surface area contributed by atoms with Gasteiger partial charge in [-0.1, -0.05) is 6.92 Å². The van der Waals surface area contributed by atoms with Crippen LogP contribution in [0, 0.1) is 0 Å². The molecule has 0 atom stereocenters. The molecule has 0 aliphatic rings.